The summed E-state index contributed by atoms with van der Waals surface area (Å²) in [5.41, 5.74) is 6.29. The van der Waals surface area contributed by atoms with Crippen molar-refractivity contribution in [2.45, 2.75) is 51.0 Å². The molecule has 3 unspecified atom stereocenters. The van der Waals surface area contributed by atoms with E-state index in [9.17, 15) is 4.79 Å². The van der Waals surface area contributed by atoms with Crippen molar-refractivity contribution in [1.82, 2.24) is 5.32 Å². The Kier molecular flexibility index (Phi) is 6.33. The Labute approximate surface area is 134 Å². The van der Waals surface area contributed by atoms with Crippen molar-refractivity contribution in [2.24, 2.45) is 29.4 Å². The third kappa shape index (κ3) is 4.11. The maximum absolute atomic E-state index is 12.4. The van der Waals surface area contributed by atoms with Crippen molar-refractivity contribution < 1.29 is 9.53 Å². The topological polar surface area (TPSA) is 64.4 Å². The van der Waals surface area contributed by atoms with Gasteiger partial charge in [0.2, 0.25) is 5.91 Å². The average molecular weight is 317 g/mol. The molecule has 0 aromatic carbocycles. The van der Waals surface area contributed by atoms with E-state index in [0.717, 1.165) is 39.0 Å². The lowest BCUT2D eigenvalue weighted by atomic mass is 9.65. The molecule has 1 amide bonds. The molecule has 3 rings (SSSR count). The molecule has 2 bridgehead atoms. The fraction of sp³-hybridized carbons (Fsp3) is 0.938. The van der Waals surface area contributed by atoms with Gasteiger partial charge in [-0.25, -0.2) is 0 Å². The number of carbonyl (C=O) groups is 1. The number of fused-ring (bicyclic) bond motifs is 2. The molecule has 5 heteroatoms. The summed E-state index contributed by atoms with van der Waals surface area (Å²) in [4.78, 5) is 12.4. The van der Waals surface area contributed by atoms with Crippen LogP contribution in [0.25, 0.3) is 0 Å². The molecule has 3 fully saturated rings. The van der Waals surface area contributed by atoms with E-state index >= 15 is 0 Å². The van der Waals surface area contributed by atoms with Crippen LogP contribution in [0.2, 0.25) is 0 Å². The zero-order valence-electron chi connectivity index (χ0n) is 12.8. The van der Waals surface area contributed by atoms with Gasteiger partial charge in [0.15, 0.2) is 0 Å². The van der Waals surface area contributed by atoms with Crippen LogP contribution in [0.4, 0.5) is 0 Å². The first-order chi connectivity index (χ1) is 9.74. The summed E-state index contributed by atoms with van der Waals surface area (Å²) in [6.07, 6.45) is 8.06. The van der Waals surface area contributed by atoms with Crippen LogP contribution in [0.15, 0.2) is 0 Å². The summed E-state index contributed by atoms with van der Waals surface area (Å²) in [7, 11) is 0. The van der Waals surface area contributed by atoms with Crippen LogP contribution in [-0.4, -0.2) is 31.7 Å². The van der Waals surface area contributed by atoms with E-state index in [0.29, 0.717) is 23.8 Å². The number of amides is 1. The predicted octanol–water partition coefficient (Wildman–Crippen LogP) is 2.10. The van der Waals surface area contributed by atoms with Gasteiger partial charge in [0.1, 0.15) is 0 Å². The van der Waals surface area contributed by atoms with E-state index in [1.54, 1.807) is 0 Å². The second kappa shape index (κ2) is 7.80. The third-order valence-corrected chi connectivity index (χ3v) is 5.60. The van der Waals surface area contributed by atoms with Gasteiger partial charge in [0.25, 0.3) is 0 Å². The summed E-state index contributed by atoms with van der Waals surface area (Å²) < 4.78 is 5.47. The van der Waals surface area contributed by atoms with Gasteiger partial charge in [-0.1, -0.05) is 6.42 Å². The molecule has 0 radical (unpaired) electrons. The zero-order valence-corrected chi connectivity index (χ0v) is 13.6. The number of rotatable bonds is 3. The Hall–Kier alpha value is -0.320. The van der Waals surface area contributed by atoms with Gasteiger partial charge in [-0.3, -0.25) is 4.79 Å². The monoisotopic (exact) mass is 316 g/mol. The fourth-order valence-corrected chi connectivity index (χ4v) is 4.36. The first-order valence-electron chi connectivity index (χ1n) is 8.35. The van der Waals surface area contributed by atoms with Gasteiger partial charge in [0.05, 0.1) is 6.61 Å². The van der Waals surface area contributed by atoms with Crippen molar-refractivity contribution in [3.8, 4) is 0 Å². The van der Waals surface area contributed by atoms with Crippen molar-refractivity contribution in [2.75, 3.05) is 19.8 Å². The number of nitrogens with two attached hydrogens (primary N) is 1. The molecule has 4 nitrogen and oxygen atoms in total. The highest BCUT2D eigenvalue weighted by molar-refractivity contribution is 5.85. The summed E-state index contributed by atoms with van der Waals surface area (Å²) >= 11 is 0. The van der Waals surface area contributed by atoms with Crippen molar-refractivity contribution in [3.05, 3.63) is 0 Å². The minimum Gasteiger partial charge on any atom is -0.381 e. The van der Waals surface area contributed by atoms with Crippen LogP contribution in [0.5, 0.6) is 0 Å². The summed E-state index contributed by atoms with van der Waals surface area (Å²) in [5.74, 6) is 2.14. The Morgan fingerprint density at radius 1 is 1.14 bits per heavy atom. The Morgan fingerprint density at radius 2 is 1.86 bits per heavy atom. The van der Waals surface area contributed by atoms with E-state index in [1.807, 2.05) is 0 Å². The lowest BCUT2D eigenvalue weighted by Crippen LogP contribution is -2.49. The van der Waals surface area contributed by atoms with E-state index in [2.05, 4.69) is 5.32 Å². The highest BCUT2D eigenvalue weighted by Crippen LogP contribution is 2.41. The van der Waals surface area contributed by atoms with Gasteiger partial charge in [0, 0.05) is 25.1 Å². The molecule has 0 aromatic rings. The first kappa shape index (κ1) is 17.0. The molecule has 0 spiro atoms. The molecule has 3 N–H and O–H groups in total. The van der Waals surface area contributed by atoms with Crippen molar-refractivity contribution in [3.63, 3.8) is 0 Å². The minimum absolute atomic E-state index is 0. The van der Waals surface area contributed by atoms with Crippen LogP contribution < -0.4 is 11.1 Å². The SMILES string of the molecule is Cl.NC1C2CCCC1CC(C(=O)NCC1CCCOC1)C2. The summed E-state index contributed by atoms with van der Waals surface area (Å²) in [6, 6.07) is 0.347. The molecule has 3 atom stereocenters. The summed E-state index contributed by atoms with van der Waals surface area (Å²) in [5, 5.41) is 3.17. The number of hydrogen-bond donors (Lipinski definition) is 2. The Balaban J connectivity index is 0.00000161. The largest absolute Gasteiger partial charge is 0.381 e. The molecular formula is C16H29ClN2O2. The Bertz CT molecular complexity index is 333. The van der Waals surface area contributed by atoms with Gasteiger partial charge in [-0.2, -0.15) is 0 Å². The van der Waals surface area contributed by atoms with Gasteiger partial charge < -0.3 is 15.8 Å². The lowest BCUT2D eigenvalue weighted by Gasteiger charge is -2.43. The van der Waals surface area contributed by atoms with Crippen molar-refractivity contribution >= 4 is 18.3 Å². The predicted molar refractivity (Wildman–Crippen MR) is 85.3 cm³/mol. The molecule has 2 aliphatic carbocycles. The van der Waals surface area contributed by atoms with Crippen LogP contribution >= 0.6 is 12.4 Å². The van der Waals surface area contributed by atoms with Gasteiger partial charge in [-0.05, 0) is 56.3 Å². The van der Waals surface area contributed by atoms with E-state index < -0.39 is 0 Å². The van der Waals surface area contributed by atoms with Crippen LogP contribution in [0, 0.1) is 23.7 Å². The average Bonchev–Trinajstić information content (AvgIpc) is 2.45. The van der Waals surface area contributed by atoms with Gasteiger partial charge in [-0.15, -0.1) is 12.4 Å². The maximum Gasteiger partial charge on any atom is 0.223 e. The van der Waals surface area contributed by atoms with Crippen LogP contribution in [-0.2, 0) is 9.53 Å². The van der Waals surface area contributed by atoms with E-state index in [4.69, 9.17) is 10.5 Å². The standard InChI is InChI=1S/C16H28N2O2.ClH/c17-15-12-4-1-5-13(15)8-14(7-12)16(19)18-9-11-3-2-6-20-10-11;/h11-15H,1-10,17H2,(H,18,19);1H. The maximum atomic E-state index is 12.4. The number of ether oxygens (including phenoxy) is 1. The molecule has 0 aromatic heterocycles. The molecule has 1 heterocycles. The second-order valence-electron chi connectivity index (χ2n) is 7.03. The highest BCUT2D eigenvalue weighted by Gasteiger charge is 2.40. The van der Waals surface area contributed by atoms with Crippen LogP contribution in [0.1, 0.15) is 44.9 Å². The zero-order chi connectivity index (χ0) is 13.9. The molecule has 3 aliphatic rings. The first-order valence-corrected chi connectivity index (χ1v) is 8.35. The van der Waals surface area contributed by atoms with Gasteiger partial charge >= 0.3 is 0 Å². The quantitative estimate of drug-likeness (QED) is 0.838. The molecule has 2 saturated carbocycles. The smallest absolute Gasteiger partial charge is 0.223 e. The minimum atomic E-state index is 0. The lowest BCUT2D eigenvalue weighted by molar-refractivity contribution is -0.128. The molecule has 21 heavy (non-hydrogen) atoms. The van der Waals surface area contributed by atoms with E-state index in [1.165, 1.54) is 25.7 Å². The number of carbonyl (C=O) groups excluding carboxylic acids is 1. The second-order valence-corrected chi connectivity index (χ2v) is 7.03. The fourth-order valence-electron chi connectivity index (χ4n) is 4.36. The number of halogens is 1. The number of hydrogen-bond acceptors (Lipinski definition) is 3. The molecule has 1 aliphatic heterocycles. The normalized spacial score (nSPS) is 39.2. The van der Waals surface area contributed by atoms with E-state index in [-0.39, 0.29) is 24.2 Å². The number of nitrogens with one attached hydrogen (secondary N) is 1. The van der Waals surface area contributed by atoms with Crippen molar-refractivity contribution in [1.29, 1.82) is 0 Å². The molecule has 122 valence electrons. The Morgan fingerprint density at radius 3 is 2.48 bits per heavy atom. The summed E-state index contributed by atoms with van der Waals surface area (Å²) in [6.45, 7) is 2.48. The molecular weight excluding hydrogens is 288 g/mol. The molecule has 1 saturated heterocycles. The highest BCUT2D eigenvalue weighted by atomic mass is 35.5. The van der Waals surface area contributed by atoms with Crippen LogP contribution in [0.3, 0.4) is 0 Å². The third-order valence-electron chi connectivity index (χ3n) is 5.60.